The number of piperidine rings is 1. The Morgan fingerprint density at radius 1 is 0.882 bits per heavy atom. The van der Waals surface area contributed by atoms with Gasteiger partial charge in [0, 0.05) is 31.7 Å². The quantitative estimate of drug-likeness (QED) is 0.524. The normalized spacial score (nSPS) is 14.2. The largest absolute Gasteiger partial charge is 0.350 e. The maximum atomic E-state index is 13.0. The van der Waals surface area contributed by atoms with Gasteiger partial charge >= 0.3 is 6.03 Å². The van der Waals surface area contributed by atoms with E-state index in [9.17, 15) is 18.8 Å². The minimum absolute atomic E-state index is 0.0501. The van der Waals surface area contributed by atoms with Gasteiger partial charge in [0.1, 0.15) is 11.9 Å². The van der Waals surface area contributed by atoms with E-state index >= 15 is 0 Å². The number of carbonyl (C=O) groups excluding carboxylic acids is 3. The van der Waals surface area contributed by atoms with Crippen molar-refractivity contribution >= 4 is 17.8 Å². The molecule has 3 rings (SSSR count). The van der Waals surface area contributed by atoms with Crippen LogP contribution in [0.3, 0.4) is 0 Å². The van der Waals surface area contributed by atoms with Crippen LogP contribution < -0.4 is 16.0 Å². The van der Waals surface area contributed by atoms with Crippen LogP contribution in [0, 0.1) is 5.82 Å². The number of hydrogen-bond donors (Lipinski definition) is 3. The zero-order chi connectivity index (χ0) is 24.3. The molecular weight excluding hydrogens is 435 g/mol. The van der Waals surface area contributed by atoms with Gasteiger partial charge in [-0.1, -0.05) is 37.6 Å². The van der Waals surface area contributed by atoms with Gasteiger partial charge in [0.15, 0.2) is 0 Å². The van der Waals surface area contributed by atoms with E-state index in [1.54, 1.807) is 24.3 Å². The molecule has 8 heteroatoms. The Morgan fingerprint density at radius 2 is 1.47 bits per heavy atom. The summed E-state index contributed by atoms with van der Waals surface area (Å²) < 4.78 is 13.0. The van der Waals surface area contributed by atoms with Crippen molar-refractivity contribution in [2.75, 3.05) is 13.1 Å². The van der Waals surface area contributed by atoms with E-state index in [4.69, 9.17) is 0 Å². The van der Waals surface area contributed by atoms with Crippen LogP contribution in [0.5, 0.6) is 0 Å². The van der Waals surface area contributed by atoms with Gasteiger partial charge in [0.2, 0.25) is 5.91 Å². The maximum absolute atomic E-state index is 13.0. The van der Waals surface area contributed by atoms with Crippen molar-refractivity contribution < 1.29 is 18.8 Å². The molecule has 0 bridgehead atoms. The van der Waals surface area contributed by atoms with Crippen LogP contribution in [0.2, 0.25) is 0 Å². The van der Waals surface area contributed by atoms with E-state index in [1.165, 1.54) is 18.6 Å². The molecule has 2 aromatic rings. The van der Waals surface area contributed by atoms with Crippen molar-refractivity contribution in [3.05, 3.63) is 71.0 Å². The number of urea groups is 1. The number of halogens is 1. The molecule has 3 N–H and O–H groups in total. The van der Waals surface area contributed by atoms with Gasteiger partial charge in [0.05, 0.1) is 0 Å². The molecule has 34 heavy (non-hydrogen) atoms. The van der Waals surface area contributed by atoms with Crippen LogP contribution in [-0.2, 0) is 17.9 Å². The van der Waals surface area contributed by atoms with Crippen molar-refractivity contribution in [3.63, 3.8) is 0 Å². The summed E-state index contributed by atoms with van der Waals surface area (Å²) in [5.74, 6) is -0.558. The fourth-order valence-corrected chi connectivity index (χ4v) is 3.91. The molecule has 7 nitrogen and oxygen atoms in total. The molecule has 0 aliphatic carbocycles. The summed E-state index contributed by atoms with van der Waals surface area (Å²) in [5.41, 5.74) is 2.29. The van der Waals surface area contributed by atoms with Gasteiger partial charge < -0.3 is 20.9 Å². The first-order valence-corrected chi connectivity index (χ1v) is 11.9. The number of amides is 4. The van der Waals surface area contributed by atoms with E-state index in [0.717, 1.165) is 43.5 Å². The fraction of sp³-hybridized carbons (Fsp3) is 0.423. The summed E-state index contributed by atoms with van der Waals surface area (Å²) >= 11 is 0. The smallest absolute Gasteiger partial charge is 0.315 e. The lowest BCUT2D eigenvalue weighted by molar-refractivity contribution is -0.123. The summed E-state index contributed by atoms with van der Waals surface area (Å²) in [6.07, 6.45) is 4.50. The average Bonchev–Trinajstić information content (AvgIpc) is 2.87. The number of nitrogens with zero attached hydrogens (tertiary/aromatic N) is 1. The lowest BCUT2D eigenvalue weighted by atomic mass is 10.1. The Hall–Kier alpha value is -3.42. The second-order valence-corrected chi connectivity index (χ2v) is 8.56. The number of benzene rings is 2. The van der Waals surface area contributed by atoms with E-state index in [0.29, 0.717) is 18.5 Å². The molecule has 1 aliphatic heterocycles. The summed E-state index contributed by atoms with van der Waals surface area (Å²) in [6, 6.07) is 12.0. The van der Waals surface area contributed by atoms with Crippen molar-refractivity contribution in [1.29, 1.82) is 0 Å². The molecule has 1 heterocycles. The minimum atomic E-state index is -0.668. The lowest BCUT2D eigenvalue weighted by Gasteiger charge is -2.26. The van der Waals surface area contributed by atoms with Gasteiger partial charge in [0.25, 0.3) is 5.91 Å². The molecule has 4 amide bonds. The van der Waals surface area contributed by atoms with Gasteiger partial charge in [-0.2, -0.15) is 0 Å². The number of likely N-dealkylation sites (tertiary alicyclic amines) is 1. The molecule has 1 atom stereocenters. The summed E-state index contributed by atoms with van der Waals surface area (Å²) in [6.45, 7) is 4.08. The second kappa shape index (κ2) is 12.7. The SMILES string of the molecule is CCC[C@@H](NC(=O)NCc1ccc(F)cc1)C(=O)NCc1ccc(C(=O)N2CCCCC2)cc1. The molecular formula is C26H33FN4O3. The van der Waals surface area contributed by atoms with Crippen molar-refractivity contribution in [2.24, 2.45) is 0 Å². The number of nitrogens with one attached hydrogen (secondary N) is 3. The fourth-order valence-electron chi connectivity index (χ4n) is 3.91. The van der Waals surface area contributed by atoms with Crippen LogP contribution >= 0.6 is 0 Å². The number of hydrogen-bond acceptors (Lipinski definition) is 3. The molecule has 0 unspecified atom stereocenters. The predicted molar refractivity (Wildman–Crippen MR) is 129 cm³/mol. The predicted octanol–water partition coefficient (Wildman–Crippen LogP) is 3.74. The molecule has 0 aromatic heterocycles. The third kappa shape index (κ3) is 7.57. The Morgan fingerprint density at radius 3 is 2.09 bits per heavy atom. The molecule has 0 radical (unpaired) electrons. The van der Waals surface area contributed by atoms with E-state index in [-0.39, 0.29) is 24.2 Å². The molecule has 182 valence electrons. The minimum Gasteiger partial charge on any atom is -0.350 e. The van der Waals surface area contributed by atoms with Crippen molar-refractivity contribution in [2.45, 2.75) is 58.2 Å². The zero-order valence-electron chi connectivity index (χ0n) is 19.6. The molecule has 2 aromatic carbocycles. The summed E-state index contributed by atoms with van der Waals surface area (Å²) in [7, 11) is 0. The maximum Gasteiger partial charge on any atom is 0.315 e. The Balaban J connectivity index is 1.47. The Bertz CT molecular complexity index is 957. The van der Waals surface area contributed by atoms with Crippen LogP contribution in [0.4, 0.5) is 9.18 Å². The van der Waals surface area contributed by atoms with E-state index < -0.39 is 12.1 Å². The first-order valence-electron chi connectivity index (χ1n) is 11.9. The molecule has 0 spiro atoms. The van der Waals surface area contributed by atoms with Crippen molar-refractivity contribution in [1.82, 2.24) is 20.9 Å². The third-order valence-electron chi connectivity index (χ3n) is 5.88. The first kappa shape index (κ1) is 25.2. The van der Waals surface area contributed by atoms with Crippen LogP contribution in [0.1, 0.15) is 60.5 Å². The summed E-state index contributed by atoms with van der Waals surface area (Å²) in [5, 5.41) is 8.26. The van der Waals surface area contributed by atoms with Gasteiger partial charge in [-0.15, -0.1) is 0 Å². The number of rotatable bonds is 9. The highest BCUT2D eigenvalue weighted by Gasteiger charge is 2.20. The van der Waals surface area contributed by atoms with E-state index in [1.807, 2.05) is 24.0 Å². The molecule has 0 saturated carbocycles. The highest BCUT2D eigenvalue weighted by Crippen LogP contribution is 2.14. The van der Waals surface area contributed by atoms with Gasteiger partial charge in [-0.3, -0.25) is 9.59 Å². The Labute approximate surface area is 200 Å². The monoisotopic (exact) mass is 468 g/mol. The molecule has 1 aliphatic rings. The topological polar surface area (TPSA) is 90.5 Å². The van der Waals surface area contributed by atoms with Crippen LogP contribution in [0.25, 0.3) is 0 Å². The van der Waals surface area contributed by atoms with Gasteiger partial charge in [-0.25, -0.2) is 9.18 Å². The third-order valence-corrected chi connectivity index (χ3v) is 5.88. The lowest BCUT2D eigenvalue weighted by Crippen LogP contribution is -2.49. The highest BCUT2D eigenvalue weighted by molar-refractivity contribution is 5.94. The average molecular weight is 469 g/mol. The van der Waals surface area contributed by atoms with Crippen LogP contribution in [-0.4, -0.2) is 41.9 Å². The highest BCUT2D eigenvalue weighted by atomic mass is 19.1. The summed E-state index contributed by atoms with van der Waals surface area (Å²) in [4.78, 5) is 39.4. The standard InChI is InChI=1S/C26H33FN4O3/c1-2-6-23(30-26(34)29-18-20-9-13-22(27)14-10-20)24(32)28-17-19-7-11-21(12-8-19)25(33)31-15-4-3-5-16-31/h7-14,23H,2-6,15-18H2,1H3,(H,28,32)(H2,29,30,34)/t23-/m1/s1. The van der Waals surface area contributed by atoms with Crippen LogP contribution in [0.15, 0.2) is 48.5 Å². The Kier molecular flexibility index (Phi) is 9.43. The molecule has 1 saturated heterocycles. The molecule has 1 fully saturated rings. The number of carbonyl (C=O) groups is 3. The van der Waals surface area contributed by atoms with Gasteiger partial charge in [-0.05, 0) is 61.1 Å². The van der Waals surface area contributed by atoms with E-state index in [2.05, 4.69) is 16.0 Å². The second-order valence-electron chi connectivity index (χ2n) is 8.56. The zero-order valence-corrected chi connectivity index (χ0v) is 19.6. The van der Waals surface area contributed by atoms with Crippen molar-refractivity contribution in [3.8, 4) is 0 Å². The first-order chi connectivity index (χ1) is 16.5.